The summed E-state index contributed by atoms with van der Waals surface area (Å²) < 4.78 is 29.5. The van der Waals surface area contributed by atoms with E-state index in [0.717, 1.165) is 47.5 Å². The van der Waals surface area contributed by atoms with E-state index < -0.39 is 28.5 Å². The summed E-state index contributed by atoms with van der Waals surface area (Å²) in [6, 6.07) is 28.6. The van der Waals surface area contributed by atoms with Gasteiger partial charge in [-0.05, 0) is 78.9 Å². The minimum Gasteiger partial charge on any atom is -0.352 e. The molecule has 0 bridgehead atoms. The lowest BCUT2D eigenvalue weighted by atomic mass is 9.94. The van der Waals surface area contributed by atoms with Gasteiger partial charge in [0.05, 0.1) is 10.6 Å². The Kier molecular flexibility index (Phi) is 11.6. The second kappa shape index (κ2) is 15.8. The van der Waals surface area contributed by atoms with E-state index in [4.69, 9.17) is 23.2 Å². The Morgan fingerprint density at radius 1 is 0.809 bits per heavy atom. The fourth-order valence-electron chi connectivity index (χ4n) is 6.02. The van der Waals surface area contributed by atoms with Crippen LogP contribution in [0.2, 0.25) is 10.0 Å². The van der Waals surface area contributed by atoms with Crippen LogP contribution in [0, 0.1) is 6.92 Å². The standard InChI is InChI=1S/C37H39Cl2N3O4S/c1-27-23-31(39)21-22-34(27)42(47(45,46)33-15-9-4-10-16-33)26-36(43)41(25-29-17-19-30(38)20-18-29)35(24-28-11-5-2-6-12-28)37(44)40-32-13-7-3-8-14-32/h2,4-6,9-12,15-23,32,35H,3,7-8,13-14,24-26H2,1H3,(H,40,44). The van der Waals surface area contributed by atoms with Gasteiger partial charge in [0.2, 0.25) is 11.8 Å². The number of carbonyl (C=O) groups excluding carboxylic acids is 2. The van der Waals surface area contributed by atoms with Crippen LogP contribution in [0.15, 0.2) is 108 Å². The van der Waals surface area contributed by atoms with E-state index in [9.17, 15) is 18.0 Å². The lowest BCUT2D eigenvalue weighted by Gasteiger charge is -2.35. The van der Waals surface area contributed by atoms with Gasteiger partial charge in [-0.2, -0.15) is 0 Å². The summed E-state index contributed by atoms with van der Waals surface area (Å²) in [6.45, 7) is 1.29. The Morgan fingerprint density at radius 3 is 2.06 bits per heavy atom. The third-order valence-corrected chi connectivity index (χ3v) is 10.8. The first kappa shape index (κ1) is 34.5. The minimum absolute atomic E-state index is 0.0219. The highest BCUT2D eigenvalue weighted by atomic mass is 35.5. The van der Waals surface area contributed by atoms with Gasteiger partial charge in [0.15, 0.2) is 0 Å². The number of halogens is 2. The highest BCUT2D eigenvalue weighted by Gasteiger charge is 2.35. The molecule has 0 heterocycles. The van der Waals surface area contributed by atoms with Crippen LogP contribution >= 0.6 is 23.2 Å². The van der Waals surface area contributed by atoms with Crippen molar-refractivity contribution in [1.82, 2.24) is 10.2 Å². The molecule has 4 aromatic rings. The van der Waals surface area contributed by atoms with Gasteiger partial charge in [-0.25, -0.2) is 8.42 Å². The molecule has 1 saturated carbocycles. The molecule has 246 valence electrons. The Hall–Kier alpha value is -3.85. The summed E-state index contributed by atoms with van der Waals surface area (Å²) >= 11 is 12.4. The van der Waals surface area contributed by atoms with E-state index >= 15 is 0 Å². The zero-order valence-electron chi connectivity index (χ0n) is 26.3. The van der Waals surface area contributed by atoms with E-state index in [2.05, 4.69) is 5.32 Å². The van der Waals surface area contributed by atoms with Gasteiger partial charge in [0, 0.05) is 29.1 Å². The molecule has 0 aromatic heterocycles. The second-order valence-corrected chi connectivity index (χ2v) is 14.7. The van der Waals surface area contributed by atoms with Gasteiger partial charge < -0.3 is 10.2 Å². The molecule has 1 aliphatic rings. The second-order valence-electron chi connectivity index (χ2n) is 12.0. The zero-order valence-corrected chi connectivity index (χ0v) is 28.6. The molecule has 2 amide bonds. The predicted molar refractivity (Wildman–Crippen MR) is 188 cm³/mol. The van der Waals surface area contributed by atoms with Crippen molar-refractivity contribution in [3.8, 4) is 0 Å². The van der Waals surface area contributed by atoms with Crippen molar-refractivity contribution in [1.29, 1.82) is 0 Å². The molecule has 0 saturated heterocycles. The molecule has 1 unspecified atom stereocenters. The van der Waals surface area contributed by atoms with Crippen LogP contribution in [0.1, 0.15) is 48.8 Å². The Labute approximate surface area is 287 Å². The Bertz CT molecular complexity index is 1760. The molecule has 7 nitrogen and oxygen atoms in total. The Balaban J connectivity index is 1.57. The van der Waals surface area contributed by atoms with Crippen molar-refractivity contribution >= 4 is 50.7 Å². The maximum atomic E-state index is 14.7. The quantitative estimate of drug-likeness (QED) is 0.166. The minimum atomic E-state index is -4.20. The number of amides is 2. The number of anilines is 1. The number of carbonyl (C=O) groups is 2. The van der Waals surface area contributed by atoms with Crippen molar-refractivity contribution in [3.05, 3.63) is 130 Å². The molecular formula is C37H39Cl2N3O4S. The van der Waals surface area contributed by atoms with E-state index in [-0.39, 0.29) is 29.8 Å². The number of sulfonamides is 1. The van der Waals surface area contributed by atoms with Gasteiger partial charge in [-0.3, -0.25) is 13.9 Å². The highest BCUT2D eigenvalue weighted by molar-refractivity contribution is 7.92. The first-order valence-electron chi connectivity index (χ1n) is 15.8. The summed E-state index contributed by atoms with van der Waals surface area (Å²) in [6.07, 6.45) is 5.23. The number of rotatable bonds is 12. The molecule has 1 aliphatic carbocycles. The smallest absolute Gasteiger partial charge is 0.264 e. The predicted octanol–water partition coefficient (Wildman–Crippen LogP) is 7.59. The average molecular weight is 693 g/mol. The summed E-state index contributed by atoms with van der Waals surface area (Å²) in [5, 5.41) is 4.21. The fraction of sp³-hybridized carbons (Fsp3) is 0.297. The molecule has 0 aliphatic heterocycles. The number of aryl methyl sites for hydroxylation is 1. The van der Waals surface area contributed by atoms with E-state index in [1.807, 2.05) is 42.5 Å². The van der Waals surface area contributed by atoms with Gasteiger partial charge >= 0.3 is 0 Å². The topological polar surface area (TPSA) is 86.8 Å². The van der Waals surface area contributed by atoms with E-state index in [0.29, 0.717) is 21.3 Å². The summed E-state index contributed by atoms with van der Waals surface area (Å²) in [4.78, 5) is 30.4. The van der Waals surface area contributed by atoms with Gasteiger partial charge in [-0.1, -0.05) is 103 Å². The van der Waals surface area contributed by atoms with Gasteiger partial charge in [0.1, 0.15) is 12.6 Å². The number of benzene rings is 4. The summed E-state index contributed by atoms with van der Waals surface area (Å²) in [5.41, 5.74) is 2.55. The van der Waals surface area contributed by atoms with Crippen LogP contribution in [-0.4, -0.2) is 43.8 Å². The normalized spacial score (nSPS) is 14.3. The van der Waals surface area contributed by atoms with Gasteiger partial charge in [0.25, 0.3) is 10.0 Å². The van der Waals surface area contributed by atoms with E-state index in [1.54, 1.807) is 55.5 Å². The molecule has 0 radical (unpaired) electrons. The third-order valence-electron chi connectivity index (χ3n) is 8.53. The number of hydrogen-bond donors (Lipinski definition) is 1. The largest absolute Gasteiger partial charge is 0.352 e. The third kappa shape index (κ3) is 8.95. The summed E-state index contributed by atoms with van der Waals surface area (Å²) in [7, 11) is -4.20. The molecule has 5 rings (SSSR count). The average Bonchev–Trinajstić information content (AvgIpc) is 3.07. The molecule has 47 heavy (non-hydrogen) atoms. The van der Waals surface area contributed by atoms with Crippen LogP contribution in [0.3, 0.4) is 0 Å². The lowest BCUT2D eigenvalue weighted by molar-refractivity contribution is -0.140. The van der Waals surface area contributed by atoms with Crippen molar-refractivity contribution in [2.45, 2.75) is 69.0 Å². The fourth-order valence-corrected chi connectivity index (χ4v) is 7.87. The zero-order chi connectivity index (χ0) is 33.4. The van der Waals surface area contributed by atoms with Crippen molar-refractivity contribution in [3.63, 3.8) is 0 Å². The summed E-state index contributed by atoms with van der Waals surface area (Å²) in [5.74, 6) is -0.781. The molecule has 0 spiro atoms. The molecule has 10 heteroatoms. The molecular weight excluding hydrogens is 653 g/mol. The lowest BCUT2D eigenvalue weighted by Crippen LogP contribution is -2.55. The Morgan fingerprint density at radius 2 is 1.43 bits per heavy atom. The number of hydrogen-bond acceptors (Lipinski definition) is 4. The highest BCUT2D eigenvalue weighted by Crippen LogP contribution is 2.30. The van der Waals surface area contributed by atoms with Crippen molar-refractivity contribution < 1.29 is 18.0 Å². The van der Waals surface area contributed by atoms with Crippen LogP contribution in [0.25, 0.3) is 0 Å². The van der Waals surface area contributed by atoms with Crippen molar-refractivity contribution in [2.24, 2.45) is 0 Å². The van der Waals surface area contributed by atoms with Crippen LogP contribution in [-0.2, 0) is 32.6 Å². The van der Waals surface area contributed by atoms with Crippen molar-refractivity contribution in [2.75, 3.05) is 10.8 Å². The molecule has 1 fully saturated rings. The molecule has 4 aromatic carbocycles. The van der Waals surface area contributed by atoms with Crippen LogP contribution in [0.5, 0.6) is 0 Å². The SMILES string of the molecule is Cc1cc(Cl)ccc1N(CC(=O)N(Cc1ccc(Cl)cc1)C(Cc1ccccc1)C(=O)NC1CCCCC1)S(=O)(=O)c1ccccc1. The van der Waals surface area contributed by atoms with Crippen LogP contribution in [0.4, 0.5) is 5.69 Å². The first-order chi connectivity index (χ1) is 22.6. The number of nitrogens with zero attached hydrogens (tertiary/aromatic N) is 2. The first-order valence-corrected chi connectivity index (χ1v) is 18.0. The van der Waals surface area contributed by atoms with Gasteiger partial charge in [-0.15, -0.1) is 0 Å². The monoisotopic (exact) mass is 691 g/mol. The maximum Gasteiger partial charge on any atom is 0.264 e. The molecule has 1 N–H and O–H groups in total. The van der Waals surface area contributed by atoms with E-state index in [1.165, 1.54) is 17.0 Å². The maximum absolute atomic E-state index is 14.7. The van der Waals surface area contributed by atoms with Crippen LogP contribution < -0.4 is 9.62 Å². The molecule has 1 atom stereocenters. The number of nitrogens with one attached hydrogen (secondary N) is 1.